The molecule has 1 aromatic carbocycles. The van der Waals surface area contributed by atoms with Gasteiger partial charge >= 0.3 is 5.97 Å². The largest absolute Gasteiger partial charge is 0.477 e. The normalized spacial score (nSPS) is 10.5. The first-order valence-electron chi connectivity index (χ1n) is 5.18. The SMILES string of the molecule is O=C(O)c1ccc(CNc2c(Cl)cc(Br)cc2Cl)s1. The fraction of sp³-hybridized carbons (Fsp3) is 0.0833. The van der Waals surface area contributed by atoms with E-state index in [2.05, 4.69) is 21.2 Å². The Hall–Kier alpha value is -0.750. The topological polar surface area (TPSA) is 49.3 Å². The van der Waals surface area contributed by atoms with Crippen molar-refractivity contribution >= 4 is 62.1 Å². The summed E-state index contributed by atoms with van der Waals surface area (Å²) in [4.78, 5) is 12.0. The smallest absolute Gasteiger partial charge is 0.345 e. The molecule has 0 bridgehead atoms. The predicted molar refractivity (Wildman–Crippen MR) is 82.8 cm³/mol. The van der Waals surface area contributed by atoms with Crippen molar-refractivity contribution < 1.29 is 9.90 Å². The van der Waals surface area contributed by atoms with Crippen molar-refractivity contribution in [3.8, 4) is 0 Å². The highest BCUT2D eigenvalue weighted by atomic mass is 79.9. The summed E-state index contributed by atoms with van der Waals surface area (Å²) in [7, 11) is 0. The third-order valence-electron chi connectivity index (χ3n) is 2.32. The second kappa shape index (κ2) is 6.13. The van der Waals surface area contributed by atoms with Crippen LogP contribution in [-0.2, 0) is 6.54 Å². The summed E-state index contributed by atoms with van der Waals surface area (Å²) in [5, 5.41) is 13.0. The second-order valence-corrected chi connectivity index (χ2v) is 6.57. The van der Waals surface area contributed by atoms with Crippen molar-refractivity contribution in [2.45, 2.75) is 6.54 Å². The number of rotatable bonds is 4. The third-order valence-corrected chi connectivity index (χ3v) is 4.45. The lowest BCUT2D eigenvalue weighted by Gasteiger charge is -2.10. The average molecular weight is 381 g/mol. The molecule has 0 saturated heterocycles. The number of nitrogens with one attached hydrogen (secondary N) is 1. The molecule has 2 N–H and O–H groups in total. The van der Waals surface area contributed by atoms with E-state index >= 15 is 0 Å². The van der Waals surface area contributed by atoms with Crippen molar-refractivity contribution in [3.63, 3.8) is 0 Å². The molecule has 2 aromatic rings. The molecule has 0 saturated carbocycles. The minimum Gasteiger partial charge on any atom is -0.477 e. The highest BCUT2D eigenvalue weighted by molar-refractivity contribution is 9.10. The van der Waals surface area contributed by atoms with E-state index in [9.17, 15) is 4.79 Å². The standard InChI is InChI=1S/C12H8BrCl2NO2S/c13-6-3-8(14)11(9(15)4-6)16-5-7-1-2-10(19-7)12(17)18/h1-4,16H,5H2,(H,17,18). The maximum atomic E-state index is 10.8. The molecule has 100 valence electrons. The van der Waals surface area contributed by atoms with Gasteiger partial charge in [0.15, 0.2) is 0 Å². The molecule has 0 atom stereocenters. The lowest BCUT2D eigenvalue weighted by Crippen LogP contribution is -1.99. The van der Waals surface area contributed by atoms with Crippen molar-refractivity contribution in [1.82, 2.24) is 0 Å². The van der Waals surface area contributed by atoms with Gasteiger partial charge in [-0.25, -0.2) is 4.79 Å². The third kappa shape index (κ3) is 3.63. The Morgan fingerprint density at radius 3 is 2.47 bits per heavy atom. The second-order valence-electron chi connectivity index (χ2n) is 3.67. The van der Waals surface area contributed by atoms with Crippen LogP contribution in [0.1, 0.15) is 14.5 Å². The molecular formula is C12H8BrCl2NO2S. The summed E-state index contributed by atoms with van der Waals surface area (Å²) in [5.41, 5.74) is 0.636. The van der Waals surface area contributed by atoms with Gasteiger partial charge in [-0.3, -0.25) is 0 Å². The highest BCUT2D eigenvalue weighted by Crippen LogP contribution is 2.34. The van der Waals surface area contributed by atoms with E-state index in [0.717, 1.165) is 9.35 Å². The molecular weight excluding hydrogens is 373 g/mol. The Bertz CT molecular complexity index is 607. The highest BCUT2D eigenvalue weighted by Gasteiger charge is 2.10. The number of thiophene rings is 1. The van der Waals surface area contributed by atoms with E-state index in [0.29, 0.717) is 27.2 Å². The molecule has 1 heterocycles. The van der Waals surface area contributed by atoms with Crippen LogP contribution in [0.2, 0.25) is 10.0 Å². The molecule has 0 fully saturated rings. The van der Waals surface area contributed by atoms with Gasteiger partial charge in [0.05, 0.1) is 15.7 Å². The first-order valence-corrected chi connectivity index (χ1v) is 7.54. The summed E-state index contributed by atoms with van der Waals surface area (Å²) in [6.45, 7) is 0.471. The van der Waals surface area contributed by atoms with Crippen molar-refractivity contribution in [1.29, 1.82) is 0 Å². The Balaban J connectivity index is 2.12. The summed E-state index contributed by atoms with van der Waals surface area (Å²) < 4.78 is 0.803. The lowest BCUT2D eigenvalue weighted by atomic mass is 10.3. The van der Waals surface area contributed by atoms with Crippen LogP contribution in [0.4, 0.5) is 5.69 Å². The molecule has 0 aliphatic rings. The van der Waals surface area contributed by atoms with Gasteiger partial charge in [0.2, 0.25) is 0 Å². The molecule has 0 amide bonds. The Labute approximate surface area is 132 Å². The fourth-order valence-corrected chi connectivity index (χ4v) is 3.60. The summed E-state index contributed by atoms with van der Waals surface area (Å²) in [6.07, 6.45) is 0. The number of carboxylic acid groups (broad SMARTS) is 1. The predicted octanol–water partition coefficient (Wildman–Crippen LogP) is 5.13. The Morgan fingerprint density at radius 1 is 1.32 bits per heavy atom. The molecule has 0 aliphatic heterocycles. The molecule has 7 heteroatoms. The van der Waals surface area contributed by atoms with Crippen molar-refractivity contribution in [2.24, 2.45) is 0 Å². The van der Waals surface area contributed by atoms with Crippen LogP contribution >= 0.6 is 50.5 Å². The monoisotopic (exact) mass is 379 g/mol. The number of halogens is 3. The molecule has 3 nitrogen and oxygen atoms in total. The maximum absolute atomic E-state index is 10.8. The molecule has 1 aromatic heterocycles. The molecule has 2 rings (SSSR count). The zero-order valence-corrected chi connectivity index (χ0v) is 13.3. The van der Waals surface area contributed by atoms with Crippen LogP contribution in [0, 0.1) is 0 Å². The number of benzene rings is 1. The van der Waals surface area contributed by atoms with Crippen LogP contribution < -0.4 is 5.32 Å². The van der Waals surface area contributed by atoms with Gasteiger partial charge in [-0.2, -0.15) is 0 Å². The first-order chi connectivity index (χ1) is 8.97. The van der Waals surface area contributed by atoms with Gasteiger partial charge in [-0.1, -0.05) is 39.1 Å². The zero-order valence-electron chi connectivity index (χ0n) is 9.41. The molecule has 0 spiro atoms. The van der Waals surface area contributed by atoms with E-state index < -0.39 is 5.97 Å². The number of carbonyl (C=O) groups is 1. The van der Waals surface area contributed by atoms with Crippen molar-refractivity contribution in [3.05, 3.63) is 48.5 Å². The van der Waals surface area contributed by atoms with E-state index in [-0.39, 0.29) is 0 Å². The van der Waals surface area contributed by atoms with Gasteiger partial charge in [0, 0.05) is 15.9 Å². The summed E-state index contributed by atoms with van der Waals surface area (Å²) >= 11 is 16.7. The minimum absolute atomic E-state index is 0.310. The first kappa shape index (κ1) is 14.7. The average Bonchev–Trinajstić information content (AvgIpc) is 2.76. The van der Waals surface area contributed by atoms with E-state index in [1.165, 1.54) is 11.3 Å². The Morgan fingerprint density at radius 2 is 1.95 bits per heavy atom. The fourth-order valence-electron chi connectivity index (χ4n) is 1.47. The quantitative estimate of drug-likeness (QED) is 0.773. The van der Waals surface area contributed by atoms with Gasteiger partial charge in [-0.15, -0.1) is 11.3 Å². The lowest BCUT2D eigenvalue weighted by molar-refractivity contribution is 0.0702. The van der Waals surface area contributed by atoms with Crippen LogP contribution in [0.3, 0.4) is 0 Å². The molecule has 0 aliphatic carbocycles. The zero-order chi connectivity index (χ0) is 14.0. The van der Waals surface area contributed by atoms with Crippen LogP contribution in [0.25, 0.3) is 0 Å². The molecule has 0 radical (unpaired) electrons. The van der Waals surface area contributed by atoms with Crippen LogP contribution in [0.5, 0.6) is 0 Å². The van der Waals surface area contributed by atoms with Gasteiger partial charge < -0.3 is 10.4 Å². The number of hydrogen-bond donors (Lipinski definition) is 2. The van der Waals surface area contributed by atoms with Gasteiger partial charge in [0.25, 0.3) is 0 Å². The number of hydrogen-bond acceptors (Lipinski definition) is 3. The number of anilines is 1. The summed E-state index contributed by atoms with van der Waals surface area (Å²) in [6, 6.07) is 6.83. The Kier molecular flexibility index (Phi) is 4.73. The molecule has 0 unspecified atom stereocenters. The molecule has 19 heavy (non-hydrogen) atoms. The van der Waals surface area contributed by atoms with Crippen molar-refractivity contribution in [2.75, 3.05) is 5.32 Å². The minimum atomic E-state index is -0.920. The van der Waals surface area contributed by atoms with Gasteiger partial charge in [0.1, 0.15) is 4.88 Å². The van der Waals surface area contributed by atoms with E-state index in [1.54, 1.807) is 24.3 Å². The number of carboxylic acids is 1. The van der Waals surface area contributed by atoms with E-state index in [4.69, 9.17) is 28.3 Å². The van der Waals surface area contributed by atoms with Gasteiger partial charge in [-0.05, 0) is 24.3 Å². The summed E-state index contributed by atoms with van der Waals surface area (Å²) in [5.74, 6) is -0.920. The number of aromatic carboxylic acids is 1. The van der Waals surface area contributed by atoms with Crippen LogP contribution in [0.15, 0.2) is 28.7 Å². The van der Waals surface area contributed by atoms with Crippen LogP contribution in [-0.4, -0.2) is 11.1 Å². The maximum Gasteiger partial charge on any atom is 0.345 e. The van der Waals surface area contributed by atoms with E-state index in [1.807, 2.05) is 0 Å².